The average Bonchev–Trinajstić information content (AvgIpc) is 2.26. The Morgan fingerprint density at radius 3 is 2.71 bits per heavy atom. The number of ether oxygens (including phenoxy) is 1. The van der Waals surface area contributed by atoms with Gasteiger partial charge >= 0.3 is 0 Å². The van der Waals surface area contributed by atoms with Crippen LogP contribution in [0.1, 0.15) is 32.1 Å². The second-order valence-corrected chi connectivity index (χ2v) is 4.01. The molecule has 0 aromatic heterocycles. The molecule has 1 saturated carbocycles. The molecule has 80 valence electrons. The van der Waals surface area contributed by atoms with E-state index < -0.39 is 0 Å². The van der Waals surface area contributed by atoms with Crippen LogP contribution in [0, 0.1) is 17.2 Å². The molecule has 0 spiro atoms. The Balaban J connectivity index is 2.05. The minimum atomic E-state index is -0.154. The van der Waals surface area contributed by atoms with E-state index in [1.54, 1.807) is 7.05 Å². The van der Waals surface area contributed by atoms with Crippen LogP contribution in [-0.2, 0) is 4.74 Å². The van der Waals surface area contributed by atoms with E-state index in [-0.39, 0.29) is 6.04 Å². The molecule has 1 atom stereocenters. The summed E-state index contributed by atoms with van der Waals surface area (Å²) in [6.45, 7) is 1.35. The lowest BCUT2D eigenvalue weighted by atomic mass is 9.90. The van der Waals surface area contributed by atoms with Gasteiger partial charge in [0.1, 0.15) is 6.04 Å². The summed E-state index contributed by atoms with van der Waals surface area (Å²) in [4.78, 5) is 0. The Labute approximate surface area is 86.4 Å². The van der Waals surface area contributed by atoms with Crippen LogP contribution < -0.4 is 5.32 Å². The van der Waals surface area contributed by atoms with Crippen LogP contribution in [0.15, 0.2) is 0 Å². The summed E-state index contributed by atoms with van der Waals surface area (Å²) in [5.74, 6) is 0.736. The van der Waals surface area contributed by atoms with Crippen molar-refractivity contribution >= 4 is 0 Å². The number of hydrogen-bond donors (Lipinski definition) is 1. The van der Waals surface area contributed by atoms with Crippen molar-refractivity contribution in [2.45, 2.75) is 38.1 Å². The van der Waals surface area contributed by atoms with Crippen LogP contribution in [0.4, 0.5) is 0 Å². The molecular formula is C11H20N2O. The van der Waals surface area contributed by atoms with Crippen molar-refractivity contribution in [3.05, 3.63) is 0 Å². The smallest absolute Gasteiger partial charge is 0.119 e. The van der Waals surface area contributed by atoms with Gasteiger partial charge in [-0.25, -0.2) is 0 Å². The molecule has 3 nitrogen and oxygen atoms in total. The van der Waals surface area contributed by atoms with E-state index in [2.05, 4.69) is 11.4 Å². The van der Waals surface area contributed by atoms with Gasteiger partial charge in [0.05, 0.1) is 12.7 Å². The minimum absolute atomic E-state index is 0.154. The van der Waals surface area contributed by atoms with Gasteiger partial charge < -0.3 is 10.1 Å². The van der Waals surface area contributed by atoms with Crippen molar-refractivity contribution in [2.75, 3.05) is 20.3 Å². The van der Waals surface area contributed by atoms with Crippen molar-refractivity contribution in [2.24, 2.45) is 5.92 Å². The van der Waals surface area contributed by atoms with E-state index in [1.807, 2.05) is 0 Å². The van der Waals surface area contributed by atoms with Crippen LogP contribution in [0.5, 0.6) is 0 Å². The highest BCUT2D eigenvalue weighted by molar-refractivity contribution is 4.88. The van der Waals surface area contributed by atoms with Gasteiger partial charge in [0.2, 0.25) is 0 Å². The summed E-state index contributed by atoms with van der Waals surface area (Å²) in [7, 11) is 1.79. The first-order valence-corrected chi connectivity index (χ1v) is 5.51. The van der Waals surface area contributed by atoms with Gasteiger partial charge in [-0.3, -0.25) is 0 Å². The molecule has 0 bridgehead atoms. The fourth-order valence-corrected chi connectivity index (χ4v) is 1.89. The quantitative estimate of drug-likeness (QED) is 0.728. The lowest BCUT2D eigenvalue weighted by Crippen LogP contribution is -2.29. The molecule has 0 radical (unpaired) electrons. The van der Waals surface area contributed by atoms with Gasteiger partial charge in [0.25, 0.3) is 0 Å². The molecule has 1 rings (SSSR count). The van der Waals surface area contributed by atoms with Gasteiger partial charge in [-0.2, -0.15) is 5.26 Å². The third kappa shape index (κ3) is 4.08. The van der Waals surface area contributed by atoms with E-state index in [4.69, 9.17) is 10.00 Å². The Bertz CT molecular complexity index is 182. The molecule has 3 heteroatoms. The fourth-order valence-electron chi connectivity index (χ4n) is 1.89. The number of nitriles is 1. The zero-order valence-corrected chi connectivity index (χ0v) is 8.96. The molecule has 0 amide bonds. The number of nitrogens with one attached hydrogen (secondary N) is 1. The van der Waals surface area contributed by atoms with Crippen LogP contribution in [0.25, 0.3) is 0 Å². The van der Waals surface area contributed by atoms with E-state index in [0.717, 1.165) is 12.5 Å². The zero-order valence-electron chi connectivity index (χ0n) is 8.96. The van der Waals surface area contributed by atoms with Crippen molar-refractivity contribution in [1.82, 2.24) is 5.32 Å². The molecular weight excluding hydrogens is 176 g/mol. The predicted octanol–water partition coefficient (Wildman–Crippen LogP) is 1.69. The maximum absolute atomic E-state index is 8.67. The van der Waals surface area contributed by atoms with Crippen LogP contribution in [0.2, 0.25) is 0 Å². The topological polar surface area (TPSA) is 45.0 Å². The maximum Gasteiger partial charge on any atom is 0.119 e. The fraction of sp³-hybridized carbons (Fsp3) is 0.909. The van der Waals surface area contributed by atoms with E-state index in [9.17, 15) is 0 Å². The standard InChI is InChI=1S/C11H20N2O/c1-13-11(7-12)9-14-8-10-5-3-2-4-6-10/h10-11,13H,2-6,8-9H2,1H3. The van der Waals surface area contributed by atoms with Crippen LogP contribution >= 0.6 is 0 Å². The van der Waals surface area contributed by atoms with E-state index in [1.165, 1.54) is 32.1 Å². The van der Waals surface area contributed by atoms with Crippen molar-refractivity contribution < 1.29 is 4.74 Å². The SMILES string of the molecule is CNC(C#N)COCC1CCCCC1. The molecule has 0 aromatic rings. The summed E-state index contributed by atoms with van der Waals surface area (Å²) >= 11 is 0. The first-order valence-electron chi connectivity index (χ1n) is 5.51. The molecule has 1 N–H and O–H groups in total. The molecule has 14 heavy (non-hydrogen) atoms. The van der Waals surface area contributed by atoms with Crippen LogP contribution in [0.3, 0.4) is 0 Å². The highest BCUT2D eigenvalue weighted by Gasteiger charge is 2.14. The van der Waals surface area contributed by atoms with Gasteiger partial charge in [0.15, 0.2) is 0 Å². The molecule has 1 fully saturated rings. The molecule has 1 unspecified atom stereocenters. The monoisotopic (exact) mass is 196 g/mol. The average molecular weight is 196 g/mol. The number of nitrogens with zero attached hydrogens (tertiary/aromatic N) is 1. The van der Waals surface area contributed by atoms with E-state index >= 15 is 0 Å². The Hall–Kier alpha value is -0.590. The number of likely N-dealkylation sites (N-methyl/N-ethyl adjacent to an activating group) is 1. The predicted molar refractivity (Wildman–Crippen MR) is 55.9 cm³/mol. The molecule has 0 heterocycles. The lowest BCUT2D eigenvalue weighted by molar-refractivity contribution is 0.0790. The summed E-state index contributed by atoms with van der Waals surface area (Å²) < 4.78 is 5.53. The highest BCUT2D eigenvalue weighted by atomic mass is 16.5. The Morgan fingerprint density at radius 2 is 2.14 bits per heavy atom. The van der Waals surface area contributed by atoms with Gasteiger partial charge in [0, 0.05) is 6.61 Å². The summed E-state index contributed by atoms with van der Waals surface area (Å²) in [5, 5.41) is 11.6. The van der Waals surface area contributed by atoms with Gasteiger partial charge in [-0.05, 0) is 25.8 Å². The first kappa shape index (κ1) is 11.5. The second-order valence-electron chi connectivity index (χ2n) is 4.01. The van der Waals surface area contributed by atoms with Crippen molar-refractivity contribution in [1.29, 1.82) is 5.26 Å². The molecule has 0 aromatic carbocycles. The van der Waals surface area contributed by atoms with Crippen molar-refractivity contribution in [3.63, 3.8) is 0 Å². The van der Waals surface area contributed by atoms with Gasteiger partial charge in [-0.15, -0.1) is 0 Å². The molecule has 0 aliphatic heterocycles. The van der Waals surface area contributed by atoms with Gasteiger partial charge in [-0.1, -0.05) is 19.3 Å². The largest absolute Gasteiger partial charge is 0.378 e. The molecule has 0 saturated heterocycles. The summed E-state index contributed by atoms with van der Waals surface area (Å²) in [5.41, 5.74) is 0. The third-order valence-electron chi connectivity index (χ3n) is 2.87. The first-order chi connectivity index (χ1) is 6.86. The van der Waals surface area contributed by atoms with E-state index in [0.29, 0.717) is 6.61 Å². The lowest BCUT2D eigenvalue weighted by Gasteiger charge is -2.21. The minimum Gasteiger partial charge on any atom is -0.378 e. The Kier molecular flexibility index (Phi) is 5.58. The van der Waals surface area contributed by atoms with Crippen molar-refractivity contribution in [3.8, 4) is 6.07 Å². The number of hydrogen-bond acceptors (Lipinski definition) is 3. The highest BCUT2D eigenvalue weighted by Crippen LogP contribution is 2.23. The Morgan fingerprint density at radius 1 is 1.43 bits per heavy atom. The summed E-state index contributed by atoms with van der Waals surface area (Å²) in [6, 6.07) is 2.00. The van der Waals surface area contributed by atoms with Crippen LogP contribution in [-0.4, -0.2) is 26.3 Å². The molecule has 1 aliphatic carbocycles. The number of rotatable bonds is 5. The second kappa shape index (κ2) is 6.80. The molecule has 1 aliphatic rings. The summed E-state index contributed by atoms with van der Waals surface area (Å²) in [6.07, 6.45) is 6.69. The third-order valence-corrected chi connectivity index (χ3v) is 2.87. The normalized spacial score (nSPS) is 20.3. The maximum atomic E-state index is 8.67. The zero-order chi connectivity index (χ0) is 10.2.